The molecule has 0 atom stereocenters. The number of nitrogens with two attached hydrogens (primary N) is 1. The Morgan fingerprint density at radius 3 is 2.55 bits per heavy atom. The molecule has 0 fully saturated rings. The average molecular weight is 393 g/mol. The van der Waals surface area contributed by atoms with Crippen LogP contribution in [-0.2, 0) is 4.74 Å². The van der Waals surface area contributed by atoms with Crippen LogP contribution < -0.4 is 21.9 Å². The summed E-state index contributed by atoms with van der Waals surface area (Å²) in [6.45, 7) is 1.99. The molecule has 5 N–H and O–H groups in total. The minimum Gasteiger partial charge on any atom is -0.462 e. The van der Waals surface area contributed by atoms with E-state index in [1.54, 1.807) is 43.3 Å². The van der Waals surface area contributed by atoms with Gasteiger partial charge in [0.1, 0.15) is 12.0 Å². The quantitative estimate of drug-likeness (QED) is 0.350. The highest BCUT2D eigenvalue weighted by atomic mass is 16.5. The molecule has 3 rings (SSSR count). The van der Waals surface area contributed by atoms with E-state index in [4.69, 9.17) is 10.5 Å². The summed E-state index contributed by atoms with van der Waals surface area (Å²) in [6.07, 6.45) is 4.29. The van der Waals surface area contributed by atoms with Crippen LogP contribution in [0.5, 0.6) is 0 Å². The summed E-state index contributed by atoms with van der Waals surface area (Å²) >= 11 is 0. The molecule has 3 aromatic rings. The van der Waals surface area contributed by atoms with Crippen molar-refractivity contribution in [3.05, 3.63) is 66.2 Å². The highest BCUT2D eigenvalue weighted by Crippen LogP contribution is 2.27. The first-order chi connectivity index (χ1) is 14.1. The van der Waals surface area contributed by atoms with Gasteiger partial charge in [-0.1, -0.05) is 12.1 Å². The van der Waals surface area contributed by atoms with E-state index in [0.29, 0.717) is 16.8 Å². The Hall–Kier alpha value is -4.21. The van der Waals surface area contributed by atoms with Gasteiger partial charge in [0.25, 0.3) is 5.91 Å². The number of carbonyl (C=O) groups excluding carboxylic acids is 2. The monoisotopic (exact) mass is 393 g/mol. The van der Waals surface area contributed by atoms with Gasteiger partial charge in [-0.25, -0.2) is 14.8 Å². The number of ether oxygens (including phenoxy) is 1. The topological polar surface area (TPSA) is 144 Å². The summed E-state index contributed by atoms with van der Waals surface area (Å²) in [4.78, 5) is 36.3. The lowest BCUT2D eigenvalue weighted by atomic mass is 10.2. The van der Waals surface area contributed by atoms with Crippen LogP contribution in [0.25, 0.3) is 0 Å². The molecule has 1 amide bonds. The summed E-state index contributed by atoms with van der Waals surface area (Å²) in [5.41, 5.74) is 12.7. The second-order valence-electron chi connectivity index (χ2n) is 5.69. The molecule has 0 unspecified atom stereocenters. The van der Waals surface area contributed by atoms with E-state index in [1.165, 1.54) is 18.7 Å². The lowest BCUT2D eigenvalue weighted by Gasteiger charge is -2.14. The summed E-state index contributed by atoms with van der Waals surface area (Å²) in [6, 6.07) is 9.95. The van der Waals surface area contributed by atoms with Gasteiger partial charge in [-0.3, -0.25) is 20.6 Å². The Kier molecular flexibility index (Phi) is 6.15. The Morgan fingerprint density at radius 1 is 1.07 bits per heavy atom. The normalized spacial score (nSPS) is 10.1. The van der Waals surface area contributed by atoms with Gasteiger partial charge >= 0.3 is 5.97 Å². The number of carbonyl (C=O) groups is 2. The molecule has 0 saturated heterocycles. The molecule has 0 spiro atoms. The SMILES string of the molecule is CCOC(=O)c1ccccc1Nc1ncnc(NNC(=O)c2ccncc2)c1N. The Morgan fingerprint density at radius 2 is 1.79 bits per heavy atom. The molecule has 0 aliphatic heterocycles. The van der Waals surface area contributed by atoms with E-state index in [2.05, 4.69) is 31.1 Å². The number of rotatable bonds is 7. The highest BCUT2D eigenvalue weighted by Gasteiger charge is 2.15. The first-order valence-corrected chi connectivity index (χ1v) is 8.70. The van der Waals surface area contributed by atoms with Crippen LogP contribution >= 0.6 is 0 Å². The zero-order valence-electron chi connectivity index (χ0n) is 15.5. The number of esters is 1. The molecule has 10 heteroatoms. The Balaban J connectivity index is 1.76. The Bertz CT molecular complexity index is 1010. The lowest BCUT2D eigenvalue weighted by Crippen LogP contribution is -2.30. The molecule has 29 heavy (non-hydrogen) atoms. The summed E-state index contributed by atoms with van der Waals surface area (Å²) in [7, 11) is 0. The zero-order valence-corrected chi connectivity index (χ0v) is 15.5. The maximum atomic E-state index is 12.1. The smallest absolute Gasteiger partial charge is 0.340 e. The first kappa shape index (κ1) is 19.5. The molecule has 148 valence electrons. The number of hydrogen-bond donors (Lipinski definition) is 4. The second kappa shape index (κ2) is 9.13. The third-order valence-corrected chi connectivity index (χ3v) is 3.80. The van der Waals surface area contributed by atoms with Crippen molar-refractivity contribution in [1.82, 2.24) is 20.4 Å². The molecule has 0 radical (unpaired) electrons. The fourth-order valence-corrected chi connectivity index (χ4v) is 2.39. The number of anilines is 4. The van der Waals surface area contributed by atoms with E-state index in [1.807, 2.05) is 0 Å². The van der Waals surface area contributed by atoms with Crippen LogP contribution in [0.4, 0.5) is 23.0 Å². The Labute approximate surface area is 166 Å². The summed E-state index contributed by atoms with van der Waals surface area (Å²) in [5, 5.41) is 3.00. The molecule has 2 aromatic heterocycles. The summed E-state index contributed by atoms with van der Waals surface area (Å²) in [5.74, 6) is -0.394. The van der Waals surface area contributed by atoms with Gasteiger partial charge in [0, 0.05) is 18.0 Å². The van der Waals surface area contributed by atoms with Crippen LogP contribution in [0, 0.1) is 0 Å². The standard InChI is InChI=1S/C19H19N7O3/c1-2-29-19(28)13-5-3-4-6-14(13)24-16-15(20)17(23-11-22-16)25-26-18(27)12-7-9-21-10-8-12/h3-11H,2,20H2,1H3,(H,26,27)(H2,22,23,24,25). The summed E-state index contributed by atoms with van der Waals surface area (Å²) < 4.78 is 5.06. The van der Waals surface area contributed by atoms with Gasteiger partial charge in [-0.05, 0) is 31.2 Å². The minimum absolute atomic E-state index is 0.154. The maximum Gasteiger partial charge on any atom is 0.340 e. The second-order valence-corrected chi connectivity index (χ2v) is 5.69. The predicted molar refractivity (Wildman–Crippen MR) is 107 cm³/mol. The zero-order chi connectivity index (χ0) is 20.6. The van der Waals surface area contributed by atoms with Gasteiger partial charge < -0.3 is 15.8 Å². The van der Waals surface area contributed by atoms with E-state index in [9.17, 15) is 9.59 Å². The number of nitrogens with zero attached hydrogens (tertiary/aromatic N) is 3. The number of nitrogen functional groups attached to an aromatic ring is 1. The van der Waals surface area contributed by atoms with Crippen molar-refractivity contribution >= 4 is 34.9 Å². The van der Waals surface area contributed by atoms with Crippen LogP contribution in [0.1, 0.15) is 27.6 Å². The number of amides is 1. The fourth-order valence-electron chi connectivity index (χ4n) is 2.39. The van der Waals surface area contributed by atoms with Crippen molar-refractivity contribution < 1.29 is 14.3 Å². The van der Waals surface area contributed by atoms with Crippen molar-refractivity contribution in [2.75, 3.05) is 23.1 Å². The number of para-hydroxylation sites is 1. The van der Waals surface area contributed by atoms with Crippen LogP contribution in [0.3, 0.4) is 0 Å². The maximum absolute atomic E-state index is 12.1. The van der Waals surface area contributed by atoms with Gasteiger partial charge in [-0.15, -0.1) is 0 Å². The van der Waals surface area contributed by atoms with Gasteiger partial charge in [0.15, 0.2) is 11.6 Å². The largest absolute Gasteiger partial charge is 0.462 e. The van der Waals surface area contributed by atoms with Crippen molar-refractivity contribution in [2.45, 2.75) is 6.92 Å². The van der Waals surface area contributed by atoms with E-state index in [-0.39, 0.29) is 29.8 Å². The van der Waals surface area contributed by atoms with Crippen LogP contribution in [-0.4, -0.2) is 33.4 Å². The average Bonchev–Trinajstić information content (AvgIpc) is 2.75. The first-order valence-electron chi connectivity index (χ1n) is 8.70. The number of hydrazine groups is 1. The molecular formula is C19H19N7O3. The molecule has 0 aliphatic rings. The molecule has 0 aliphatic carbocycles. The molecule has 0 bridgehead atoms. The number of hydrogen-bond acceptors (Lipinski definition) is 9. The molecule has 10 nitrogen and oxygen atoms in total. The molecule has 2 heterocycles. The van der Waals surface area contributed by atoms with Crippen molar-refractivity contribution in [2.24, 2.45) is 0 Å². The van der Waals surface area contributed by atoms with E-state index >= 15 is 0 Å². The third kappa shape index (κ3) is 4.75. The number of aromatic nitrogens is 3. The molecule has 0 saturated carbocycles. The van der Waals surface area contributed by atoms with Crippen LogP contribution in [0.2, 0.25) is 0 Å². The van der Waals surface area contributed by atoms with E-state index in [0.717, 1.165) is 0 Å². The number of pyridine rings is 1. The van der Waals surface area contributed by atoms with Gasteiger partial charge in [0.05, 0.1) is 17.9 Å². The number of nitrogens with one attached hydrogen (secondary N) is 3. The lowest BCUT2D eigenvalue weighted by molar-refractivity contribution is 0.0527. The molecule has 1 aromatic carbocycles. The third-order valence-electron chi connectivity index (χ3n) is 3.80. The number of benzene rings is 1. The van der Waals surface area contributed by atoms with Crippen LogP contribution in [0.15, 0.2) is 55.1 Å². The molecular weight excluding hydrogens is 374 g/mol. The fraction of sp³-hybridized carbons (Fsp3) is 0.105. The van der Waals surface area contributed by atoms with E-state index < -0.39 is 5.97 Å². The van der Waals surface area contributed by atoms with Crippen molar-refractivity contribution in [3.63, 3.8) is 0 Å². The predicted octanol–water partition coefficient (Wildman–Crippen LogP) is 2.13. The van der Waals surface area contributed by atoms with Crippen molar-refractivity contribution in [3.8, 4) is 0 Å². The van der Waals surface area contributed by atoms with Gasteiger partial charge in [-0.2, -0.15) is 0 Å². The van der Waals surface area contributed by atoms with Gasteiger partial charge in [0.2, 0.25) is 0 Å². The highest BCUT2D eigenvalue weighted by molar-refractivity contribution is 5.97. The van der Waals surface area contributed by atoms with Crippen molar-refractivity contribution in [1.29, 1.82) is 0 Å². The minimum atomic E-state index is -0.466.